The summed E-state index contributed by atoms with van der Waals surface area (Å²) in [6.07, 6.45) is 7.70. The Labute approximate surface area is 103 Å². The Morgan fingerprint density at radius 3 is 3.06 bits per heavy atom. The van der Waals surface area contributed by atoms with E-state index in [0.29, 0.717) is 0 Å². The number of aromatic amines is 2. The Hall–Kier alpha value is -2.44. The lowest BCUT2D eigenvalue weighted by atomic mass is 10.3. The van der Waals surface area contributed by atoms with Gasteiger partial charge in [-0.05, 0) is 0 Å². The first-order valence-electron chi connectivity index (χ1n) is 5.67. The molecule has 0 aliphatic heterocycles. The second-order valence-electron chi connectivity index (χ2n) is 4.08. The highest BCUT2D eigenvalue weighted by Gasteiger charge is 2.09. The fraction of sp³-hybridized carbons (Fsp3) is 0.273. The van der Waals surface area contributed by atoms with Gasteiger partial charge in [-0.3, -0.25) is 5.10 Å². The van der Waals surface area contributed by atoms with Gasteiger partial charge in [0.1, 0.15) is 12.1 Å². The second kappa shape index (κ2) is 4.44. The van der Waals surface area contributed by atoms with Gasteiger partial charge in [-0.2, -0.15) is 5.10 Å². The highest BCUT2D eigenvalue weighted by atomic mass is 15.2. The van der Waals surface area contributed by atoms with E-state index in [1.807, 2.05) is 13.2 Å². The molecule has 0 bridgehead atoms. The van der Waals surface area contributed by atoms with E-state index in [4.69, 9.17) is 0 Å². The second-order valence-corrected chi connectivity index (χ2v) is 4.08. The third-order valence-electron chi connectivity index (χ3n) is 2.86. The number of nitrogens with zero attached hydrogens (tertiary/aromatic N) is 5. The molecule has 0 radical (unpaired) electrons. The van der Waals surface area contributed by atoms with Crippen molar-refractivity contribution in [2.45, 2.75) is 6.42 Å². The summed E-state index contributed by atoms with van der Waals surface area (Å²) in [6.45, 7) is 0.847. The van der Waals surface area contributed by atoms with Crippen LogP contribution in [0, 0.1) is 0 Å². The summed E-state index contributed by atoms with van der Waals surface area (Å²) in [7, 11) is 2.01. The summed E-state index contributed by atoms with van der Waals surface area (Å²) in [5.41, 5.74) is 1.87. The fourth-order valence-corrected chi connectivity index (χ4v) is 1.87. The van der Waals surface area contributed by atoms with Crippen LogP contribution < -0.4 is 4.90 Å². The van der Waals surface area contributed by atoms with E-state index in [-0.39, 0.29) is 0 Å². The van der Waals surface area contributed by atoms with Crippen molar-refractivity contribution in [3.8, 4) is 0 Å². The van der Waals surface area contributed by atoms with Gasteiger partial charge in [-0.15, -0.1) is 0 Å². The third-order valence-corrected chi connectivity index (χ3v) is 2.86. The molecule has 92 valence electrons. The van der Waals surface area contributed by atoms with E-state index in [1.165, 1.54) is 0 Å². The Bertz CT molecular complexity index is 628. The zero-order valence-corrected chi connectivity index (χ0v) is 9.96. The number of rotatable bonds is 4. The lowest BCUT2D eigenvalue weighted by Gasteiger charge is -2.17. The number of hydrogen-bond acceptors (Lipinski definition) is 5. The molecule has 2 N–H and O–H groups in total. The summed E-state index contributed by atoms with van der Waals surface area (Å²) < 4.78 is 0. The van der Waals surface area contributed by atoms with Crippen LogP contribution >= 0.6 is 0 Å². The molecule has 0 fully saturated rings. The quantitative estimate of drug-likeness (QED) is 0.706. The molecule has 0 aliphatic carbocycles. The van der Waals surface area contributed by atoms with Crippen LogP contribution in [0.5, 0.6) is 0 Å². The topological polar surface area (TPSA) is 86.4 Å². The van der Waals surface area contributed by atoms with Gasteiger partial charge in [0.15, 0.2) is 5.65 Å². The molecule has 0 amide bonds. The van der Waals surface area contributed by atoms with Crippen LogP contribution in [0.3, 0.4) is 0 Å². The molecule has 7 heteroatoms. The molecule has 0 aliphatic rings. The van der Waals surface area contributed by atoms with Crippen LogP contribution in [-0.4, -0.2) is 43.7 Å². The lowest BCUT2D eigenvalue weighted by molar-refractivity contribution is 0.846. The molecular weight excluding hydrogens is 230 g/mol. The number of hydrogen-bond donors (Lipinski definition) is 2. The van der Waals surface area contributed by atoms with Crippen LogP contribution in [0.25, 0.3) is 11.0 Å². The summed E-state index contributed by atoms with van der Waals surface area (Å²) in [5.74, 6) is 0.883. The largest absolute Gasteiger partial charge is 0.359 e. The van der Waals surface area contributed by atoms with E-state index >= 15 is 0 Å². The zero-order chi connectivity index (χ0) is 12.4. The highest BCUT2D eigenvalue weighted by molar-refractivity contribution is 5.85. The normalized spacial score (nSPS) is 10.9. The smallest absolute Gasteiger partial charge is 0.160 e. The van der Waals surface area contributed by atoms with E-state index in [2.05, 4.69) is 35.0 Å². The summed E-state index contributed by atoms with van der Waals surface area (Å²) >= 11 is 0. The Balaban J connectivity index is 1.79. The average molecular weight is 243 g/mol. The number of nitrogens with one attached hydrogen (secondary N) is 2. The van der Waals surface area contributed by atoms with E-state index < -0.39 is 0 Å². The van der Waals surface area contributed by atoms with Crippen molar-refractivity contribution in [2.24, 2.45) is 0 Å². The van der Waals surface area contributed by atoms with Crippen molar-refractivity contribution in [1.29, 1.82) is 0 Å². The minimum Gasteiger partial charge on any atom is -0.359 e. The van der Waals surface area contributed by atoms with Gasteiger partial charge in [-0.1, -0.05) is 0 Å². The predicted octanol–water partition coefficient (Wildman–Crippen LogP) is 0.755. The van der Waals surface area contributed by atoms with Crippen molar-refractivity contribution in [1.82, 2.24) is 30.1 Å². The maximum Gasteiger partial charge on any atom is 0.160 e. The van der Waals surface area contributed by atoms with Crippen LogP contribution in [0.15, 0.2) is 25.0 Å². The molecule has 7 nitrogen and oxygen atoms in total. The van der Waals surface area contributed by atoms with Gasteiger partial charge in [0.05, 0.1) is 17.9 Å². The molecule has 18 heavy (non-hydrogen) atoms. The Morgan fingerprint density at radius 2 is 2.22 bits per heavy atom. The number of imidazole rings is 1. The van der Waals surface area contributed by atoms with Gasteiger partial charge in [0.25, 0.3) is 0 Å². The van der Waals surface area contributed by atoms with Gasteiger partial charge in [0.2, 0.25) is 0 Å². The number of aromatic nitrogens is 6. The highest BCUT2D eigenvalue weighted by Crippen LogP contribution is 2.19. The SMILES string of the molecule is CN(CCc1cnc[nH]1)c1ncnc2[nH]ncc12. The molecule has 3 aromatic rings. The van der Waals surface area contributed by atoms with E-state index in [9.17, 15) is 0 Å². The van der Waals surface area contributed by atoms with Crippen molar-refractivity contribution in [3.63, 3.8) is 0 Å². The lowest BCUT2D eigenvalue weighted by Crippen LogP contribution is -2.21. The zero-order valence-electron chi connectivity index (χ0n) is 9.96. The molecule has 3 rings (SSSR count). The first kappa shape index (κ1) is 10.7. The summed E-state index contributed by atoms with van der Waals surface area (Å²) in [6, 6.07) is 0. The van der Waals surface area contributed by atoms with Crippen LogP contribution in [-0.2, 0) is 6.42 Å². The van der Waals surface area contributed by atoms with Gasteiger partial charge >= 0.3 is 0 Å². The molecule has 0 saturated carbocycles. The molecule has 0 saturated heterocycles. The molecule has 0 spiro atoms. The molecule has 0 unspecified atom stereocenters. The minimum atomic E-state index is 0.758. The van der Waals surface area contributed by atoms with Crippen LogP contribution in [0.1, 0.15) is 5.69 Å². The maximum absolute atomic E-state index is 4.31. The summed E-state index contributed by atoms with van der Waals surface area (Å²) in [4.78, 5) is 17.6. The number of H-pyrrole nitrogens is 2. The van der Waals surface area contributed by atoms with E-state index in [1.54, 1.807) is 18.9 Å². The fourth-order valence-electron chi connectivity index (χ4n) is 1.87. The minimum absolute atomic E-state index is 0.758. The van der Waals surface area contributed by atoms with Crippen molar-refractivity contribution in [2.75, 3.05) is 18.5 Å². The molecule has 0 atom stereocenters. The van der Waals surface area contributed by atoms with Crippen LogP contribution in [0.4, 0.5) is 5.82 Å². The number of fused-ring (bicyclic) bond motifs is 1. The van der Waals surface area contributed by atoms with Crippen molar-refractivity contribution in [3.05, 3.63) is 30.7 Å². The average Bonchev–Trinajstić information content (AvgIpc) is 3.05. The van der Waals surface area contributed by atoms with Gasteiger partial charge in [-0.25, -0.2) is 15.0 Å². The standard InChI is InChI=1S/C11H13N7/c1-18(3-2-8-4-12-6-13-8)11-9-5-16-17-10(9)14-7-15-11/h4-7H,2-3H2,1H3,(H,12,13)(H,14,15,16,17). The first-order valence-corrected chi connectivity index (χ1v) is 5.67. The Kier molecular flexibility index (Phi) is 2.64. The maximum atomic E-state index is 4.31. The molecule has 3 heterocycles. The first-order chi connectivity index (χ1) is 8.84. The monoisotopic (exact) mass is 243 g/mol. The number of likely N-dealkylation sites (N-methyl/N-ethyl adjacent to an activating group) is 1. The molecule has 0 aromatic carbocycles. The summed E-state index contributed by atoms with van der Waals surface area (Å²) in [5, 5.41) is 7.76. The van der Waals surface area contributed by atoms with Crippen molar-refractivity contribution < 1.29 is 0 Å². The predicted molar refractivity (Wildman–Crippen MR) is 67.2 cm³/mol. The number of anilines is 1. The molecule has 3 aromatic heterocycles. The Morgan fingerprint density at radius 1 is 1.28 bits per heavy atom. The van der Waals surface area contributed by atoms with Gasteiger partial charge < -0.3 is 9.88 Å². The van der Waals surface area contributed by atoms with Crippen molar-refractivity contribution >= 4 is 16.9 Å². The van der Waals surface area contributed by atoms with Gasteiger partial charge in [0, 0.05) is 31.9 Å². The third kappa shape index (κ3) is 1.90. The van der Waals surface area contributed by atoms with Crippen LogP contribution in [0.2, 0.25) is 0 Å². The molecular formula is C11H13N7. The van der Waals surface area contributed by atoms with E-state index in [0.717, 1.165) is 35.5 Å².